The fraction of sp³-hybridized carbons (Fsp3) is 0.389. The Labute approximate surface area is 144 Å². The predicted octanol–water partition coefficient (Wildman–Crippen LogP) is 2.39. The van der Waals surface area contributed by atoms with Crippen molar-refractivity contribution in [1.82, 2.24) is 15.1 Å². The van der Waals surface area contributed by atoms with E-state index in [1.54, 1.807) is 17.0 Å². The molecule has 0 bridgehead atoms. The van der Waals surface area contributed by atoms with Crippen LogP contribution >= 0.6 is 0 Å². The van der Waals surface area contributed by atoms with Crippen LogP contribution in [0.5, 0.6) is 0 Å². The van der Waals surface area contributed by atoms with E-state index in [1.807, 2.05) is 6.92 Å². The van der Waals surface area contributed by atoms with Gasteiger partial charge >= 0.3 is 5.97 Å². The summed E-state index contributed by atoms with van der Waals surface area (Å²) >= 11 is 0. The number of rotatable bonds is 4. The van der Waals surface area contributed by atoms with Crippen LogP contribution in [-0.2, 0) is 16.0 Å². The lowest BCUT2D eigenvalue weighted by atomic mass is 9.96. The molecule has 7 heteroatoms. The van der Waals surface area contributed by atoms with Crippen LogP contribution < -0.4 is 0 Å². The van der Waals surface area contributed by atoms with E-state index in [2.05, 4.69) is 10.2 Å². The van der Waals surface area contributed by atoms with Gasteiger partial charge in [-0.3, -0.25) is 14.7 Å². The van der Waals surface area contributed by atoms with Crippen molar-refractivity contribution >= 4 is 11.9 Å². The maximum absolute atomic E-state index is 13.1. The summed E-state index contributed by atoms with van der Waals surface area (Å²) in [5.74, 6) is -1.53. The van der Waals surface area contributed by atoms with Gasteiger partial charge in [-0.15, -0.1) is 0 Å². The average Bonchev–Trinajstić information content (AvgIpc) is 2.96. The Hall–Kier alpha value is -2.70. The molecular weight excluding hydrogens is 325 g/mol. The topological polar surface area (TPSA) is 86.3 Å². The summed E-state index contributed by atoms with van der Waals surface area (Å²) in [6.07, 6.45) is 1.15. The van der Waals surface area contributed by atoms with E-state index in [1.165, 1.54) is 12.1 Å². The molecule has 0 unspecified atom stereocenters. The van der Waals surface area contributed by atoms with Crippen LogP contribution in [0.4, 0.5) is 4.39 Å². The van der Waals surface area contributed by atoms with Crippen LogP contribution in [0.15, 0.2) is 24.3 Å². The van der Waals surface area contributed by atoms with Gasteiger partial charge in [0.25, 0.3) is 0 Å². The highest BCUT2D eigenvalue weighted by Gasteiger charge is 2.28. The van der Waals surface area contributed by atoms with Gasteiger partial charge < -0.3 is 10.0 Å². The fourth-order valence-electron chi connectivity index (χ4n) is 3.15. The maximum Gasteiger partial charge on any atom is 0.306 e. The zero-order valence-corrected chi connectivity index (χ0v) is 14.0. The highest BCUT2D eigenvalue weighted by Crippen LogP contribution is 2.26. The molecule has 3 rings (SSSR count). The van der Waals surface area contributed by atoms with Crippen LogP contribution in [0.25, 0.3) is 11.3 Å². The lowest BCUT2D eigenvalue weighted by Crippen LogP contribution is -2.41. The molecule has 0 spiro atoms. The first-order chi connectivity index (χ1) is 12.0. The zero-order chi connectivity index (χ0) is 18.0. The number of likely N-dealkylation sites (tertiary alicyclic amines) is 1. The third-order valence-corrected chi connectivity index (χ3v) is 4.72. The van der Waals surface area contributed by atoms with Crippen molar-refractivity contribution in [3.8, 4) is 11.3 Å². The third kappa shape index (κ3) is 3.70. The van der Waals surface area contributed by atoms with Crippen molar-refractivity contribution in [2.24, 2.45) is 5.92 Å². The Bertz CT molecular complexity index is 777. The molecule has 2 aromatic rings. The number of halogens is 1. The van der Waals surface area contributed by atoms with E-state index < -0.39 is 5.97 Å². The van der Waals surface area contributed by atoms with Gasteiger partial charge in [-0.05, 0) is 44.0 Å². The van der Waals surface area contributed by atoms with Crippen LogP contribution in [-0.4, -0.2) is 45.2 Å². The van der Waals surface area contributed by atoms with Crippen LogP contribution in [0, 0.1) is 18.7 Å². The molecule has 0 saturated carbocycles. The molecule has 6 nitrogen and oxygen atoms in total. The fourth-order valence-corrected chi connectivity index (χ4v) is 3.15. The lowest BCUT2D eigenvalue weighted by Gasteiger charge is -2.30. The maximum atomic E-state index is 13.1. The molecule has 0 radical (unpaired) electrons. The molecule has 1 aliphatic heterocycles. The SMILES string of the molecule is Cc1[nH]nc(-c2ccc(F)cc2)c1CC(=O)N1CCC(C(=O)O)CC1. The number of hydrogen-bond donors (Lipinski definition) is 2. The monoisotopic (exact) mass is 345 g/mol. The predicted molar refractivity (Wildman–Crippen MR) is 89.4 cm³/mol. The minimum absolute atomic E-state index is 0.0447. The van der Waals surface area contributed by atoms with Gasteiger partial charge in [-0.25, -0.2) is 4.39 Å². The van der Waals surface area contributed by atoms with E-state index in [0.717, 1.165) is 16.8 Å². The molecule has 1 fully saturated rings. The van der Waals surface area contributed by atoms with Crippen molar-refractivity contribution in [2.75, 3.05) is 13.1 Å². The zero-order valence-electron chi connectivity index (χ0n) is 14.0. The number of carbonyl (C=O) groups excluding carboxylic acids is 1. The van der Waals surface area contributed by atoms with Crippen molar-refractivity contribution in [3.63, 3.8) is 0 Å². The number of hydrogen-bond acceptors (Lipinski definition) is 3. The van der Waals surface area contributed by atoms with Crippen molar-refractivity contribution in [2.45, 2.75) is 26.2 Å². The van der Waals surface area contributed by atoms with Crippen LogP contribution in [0.2, 0.25) is 0 Å². The van der Waals surface area contributed by atoms with Gasteiger partial charge in [0.15, 0.2) is 0 Å². The highest BCUT2D eigenvalue weighted by molar-refractivity contribution is 5.82. The summed E-state index contributed by atoms with van der Waals surface area (Å²) in [5, 5.41) is 16.2. The molecule has 132 valence electrons. The van der Waals surface area contributed by atoms with Gasteiger partial charge in [0.1, 0.15) is 5.82 Å². The molecule has 1 amide bonds. The van der Waals surface area contributed by atoms with E-state index >= 15 is 0 Å². The second-order valence-electron chi connectivity index (χ2n) is 6.35. The third-order valence-electron chi connectivity index (χ3n) is 4.72. The first-order valence-electron chi connectivity index (χ1n) is 8.26. The molecule has 25 heavy (non-hydrogen) atoms. The summed E-state index contributed by atoms with van der Waals surface area (Å²) in [5.41, 5.74) is 2.98. The number of nitrogens with zero attached hydrogens (tertiary/aromatic N) is 2. The van der Waals surface area contributed by atoms with E-state index in [4.69, 9.17) is 5.11 Å². The van der Waals surface area contributed by atoms with E-state index in [-0.39, 0.29) is 24.1 Å². The quantitative estimate of drug-likeness (QED) is 0.891. The second kappa shape index (κ2) is 7.04. The number of benzene rings is 1. The largest absolute Gasteiger partial charge is 0.481 e. The van der Waals surface area contributed by atoms with Gasteiger partial charge in [0.2, 0.25) is 5.91 Å². The molecule has 2 heterocycles. The van der Waals surface area contributed by atoms with Crippen LogP contribution in [0.1, 0.15) is 24.1 Å². The number of nitrogens with one attached hydrogen (secondary N) is 1. The Morgan fingerprint density at radius 1 is 1.28 bits per heavy atom. The number of aromatic nitrogens is 2. The molecule has 0 aliphatic carbocycles. The minimum atomic E-state index is -0.795. The first-order valence-corrected chi connectivity index (χ1v) is 8.26. The Morgan fingerprint density at radius 2 is 1.92 bits per heavy atom. The van der Waals surface area contributed by atoms with Crippen molar-refractivity contribution in [3.05, 3.63) is 41.3 Å². The summed E-state index contributed by atoms with van der Waals surface area (Å²) in [6, 6.07) is 6.00. The lowest BCUT2D eigenvalue weighted by molar-refractivity contribution is -0.145. The molecule has 2 N–H and O–H groups in total. The van der Waals surface area contributed by atoms with Gasteiger partial charge in [-0.1, -0.05) is 0 Å². The van der Waals surface area contributed by atoms with E-state index in [9.17, 15) is 14.0 Å². The number of H-pyrrole nitrogens is 1. The van der Waals surface area contributed by atoms with Gasteiger partial charge in [-0.2, -0.15) is 5.10 Å². The number of carbonyl (C=O) groups is 2. The summed E-state index contributed by atoms with van der Waals surface area (Å²) in [7, 11) is 0. The molecule has 0 atom stereocenters. The number of aromatic amines is 1. The molecule has 1 saturated heterocycles. The van der Waals surface area contributed by atoms with Crippen molar-refractivity contribution < 1.29 is 19.1 Å². The van der Waals surface area contributed by atoms with Gasteiger partial charge in [0.05, 0.1) is 18.0 Å². The summed E-state index contributed by atoms with van der Waals surface area (Å²) in [6.45, 7) is 2.76. The number of carboxylic acid groups (broad SMARTS) is 1. The molecular formula is C18H20FN3O3. The molecule has 1 aromatic heterocycles. The average molecular weight is 345 g/mol. The number of piperidine rings is 1. The Morgan fingerprint density at radius 3 is 2.52 bits per heavy atom. The first kappa shape index (κ1) is 17.1. The molecule has 1 aromatic carbocycles. The molecule has 1 aliphatic rings. The summed E-state index contributed by atoms with van der Waals surface area (Å²) in [4.78, 5) is 25.3. The number of carboxylic acids is 1. The van der Waals surface area contributed by atoms with Gasteiger partial charge in [0, 0.05) is 29.9 Å². The highest BCUT2D eigenvalue weighted by atomic mass is 19.1. The number of amides is 1. The smallest absolute Gasteiger partial charge is 0.306 e. The van der Waals surface area contributed by atoms with E-state index in [0.29, 0.717) is 31.6 Å². The summed E-state index contributed by atoms with van der Waals surface area (Å²) < 4.78 is 13.1. The Kier molecular flexibility index (Phi) is 4.83. The normalized spacial score (nSPS) is 15.4. The Balaban J connectivity index is 1.73. The number of aliphatic carboxylic acids is 1. The van der Waals surface area contributed by atoms with Crippen LogP contribution in [0.3, 0.4) is 0 Å². The van der Waals surface area contributed by atoms with Crippen molar-refractivity contribution in [1.29, 1.82) is 0 Å². The second-order valence-corrected chi connectivity index (χ2v) is 6.35. The number of aryl methyl sites for hydroxylation is 1. The minimum Gasteiger partial charge on any atom is -0.481 e. The standard InChI is InChI=1S/C18H20FN3O3/c1-11-15(17(21-20-11)12-2-4-14(19)5-3-12)10-16(23)22-8-6-13(7-9-22)18(24)25/h2-5,13H,6-10H2,1H3,(H,20,21)(H,24,25).